The van der Waals surface area contributed by atoms with Crippen LogP contribution in [0.3, 0.4) is 0 Å². The summed E-state index contributed by atoms with van der Waals surface area (Å²) < 4.78 is 6.84. The fourth-order valence-electron chi connectivity index (χ4n) is 3.84. The number of thioether (sulfide) groups is 1. The minimum Gasteiger partial charge on any atom is -0.497 e. The topological polar surface area (TPSA) is 139 Å². The van der Waals surface area contributed by atoms with Crippen molar-refractivity contribution in [1.82, 2.24) is 29.5 Å². The molecule has 13 heteroatoms. The second kappa shape index (κ2) is 11.2. The first-order valence-corrected chi connectivity index (χ1v) is 12.5. The van der Waals surface area contributed by atoms with E-state index in [2.05, 4.69) is 36.1 Å². The van der Waals surface area contributed by atoms with Crippen molar-refractivity contribution in [3.63, 3.8) is 0 Å². The van der Waals surface area contributed by atoms with Crippen LogP contribution in [0.5, 0.6) is 5.75 Å². The van der Waals surface area contributed by atoms with E-state index in [0.29, 0.717) is 60.3 Å². The van der Waals surface area contributed by atoms with Crippen LogP contribution >= 0.6 is 11.8 Å². The average Bonchev–Trinajstić information content (AvgIpc) is 3.51. The lowest BCUT2D eigenvalue weighted by Gasteiger charge is -2.23. The lowest BCUT2D eigenvalue weighted by molar-refractivity contribution is -0.134. The Bertz CT molecular complexity index is 1180. The average molecular weight is 500 g/mol. The normalized spacial score (nSPS) is 15.3. The summed E-state index contributed by atoms with van der Waals surface area (Å²) in [5.41, 5.74) is 0.660. The van der Waals surface area contributed by atoms with E-state index in [4.69, 9.17) is 4.74 Å². The molecule has 0 bridgehead atoms. The quantitative estimate of drug-likeness (QED) is 0.356. The van der Waals surface area contributed by atoms with Crippen LogP contribution < -0.4 is 20.7 Å². The summed E-state index contributed by atoms with van der Waals surface area (Å²) in [6, 6.07) is 6.59. The molecule has 1 aliphatic heterocycles. The SMILES string of the molecule is CCNc1nc(NCC)n2c(SCC(=O)N3CCCC3C(=O)Nc3ccc(OC)cc3)nnc2n1. The third-order valence-corrected chi connectivity index (χ3v) is 6.39. The summed E-state index contributed by atoms with van der Waals surface area (Å²) in [5.74, 6) is 1.89. The van der Waals surface area contributed by atoms with Gasteiger partial charge in [-0.1, -0.05) is 11.8 Å². The predicted molar refractivity (Wildman–Crippen MR) is 134 cm³/mol. The summed E-state index contributed by atoms with van der Waals surface area (Å²) in [5, 5.41) is 18.0. The van der Waals surface area contributed by atoms with Crippen molar-refractivity contribution in [2.45, 2.75) is 37.9 Å². The molecule has 1 aliphatic rings. The molecule has 2 amide bonds. The zero-order chi connectivity index (χ0) is 24.8. The van der Waals surface area contributed by atoms with Crippen molar-refractivity contribution in [2.24, 2.45) is 0 Å². The highest BCUT2D eigenvalue weighted by Gasteiger charge is 2.34. The zero-order valence-corrected chi connectivity index (χ0v) is 20.8. The number of rotatable bonds is 10. The number of hydrogen-bond acceptors (Lipinski definition) is 10. The van der Waals surface area contributed by atoms with E-state index in [1.165, 1.54) is 11.8 Å². The van der Waals surface area contributed by atoms with Crippen LogP contribution in [-0.4, -0.2) is 79.8 Å². The van der Waals surface area contributed by atoms with Crippen LogP contribution in [0.25, 0.3) is 5.78 Å². The molecule has 0 saturated carbocycles. The largest absolute Gasteiger partial charge is 0.497 e. The Morgan fingerprint density at radius 1 is 1.11 bits per heavy atom. The second-order valence-electron chi connectivity index (χ2n) is 7.80. The van der Waals surface area contributed by atoms with Gasteiger partial charge in [0, 0.05) is 25.3 Å². The Hall–Kier alpha value is -3.61. The first-order valence-electron chi connectivity index (χ1n) is 11.5. The number of methoxy groups -OCH3 is 1. The molecule has 186 valence electrons. The van der Waals surface area contributed by atoms with E-state index in [9.17, 15) is 9.59 Å². The molecule has 3 heterocycles. The lowest BCUT2D eigenvalue weighted by atomic mass is 10.2. The lowest BCUT2D eigenvalue weighted by Crippen LogP contribution is -2.44. The Morgan fingerprint density at radius 3 is 2.60 bits per heavy atom. The summed E-state index contributed by atoms with van der Waals surface area (Å²) >= 11 is 1.24. The molecular formula is C22H29N9O3S. The molecule has 1 atom stereocenters. The molecule has 1 saturated heterocycles. The Kier molecular flexibility index (Phi) is 7.85. The number of carbonyl (C=O) groups excluding carboxylic acids is 2. The molecule has 3 aromatic rings. The molecule has 2 aromatic heterocycles. The predicted octanol–water partition coefficient (Wildman–Crippen LogP) is 2.11. The fraction of sp³-hybridized carbons (Fsp3) is 0.455. The number of ether oxygens (including phenoxy) is 1. The van der Waals surface area contributed by atoms with Gasteiger partial charge in [0.05, 0.1) is 12.9 Å². The van der Waals surface area contributed by atoms with Crippen molar-refractivity contribution in [3.05, 3.63) is 24.3 Å². The maximum Gasteiger partial charge on any atom is 0.261 e. The number of likely N-dealkylation sites (tertiary alicyclic amines) is 1. The van der Waals surface area contributed by atoms with Crippen LogP contribution in [0, 0.1) is 0 Å². The highest BCUT2D eigenvalue weighted by Crippen LogP contribution is 2.25. The molecule has 0 radical (unpaired) electrons. The highest BCUT2D eigenvalue weighted by molar-refractivity contribution is 7.99. The molecule has 1 fully saturated rings. The van der Waals surface area contributed by atoms with Gasteiger partial charge in [0.1, 0.15) is 11.8 Å². The van der Waals surface area contributed by atoms with Crippen LogP contribution in [0.2, 0.25) is 0 Å². The molecule has 0 spiro atoms. The number of nitrogens with one attached hydrogen (secondary N) is 3. The van der Waals surface area contributed by atoms with E-state index in [1.54, 1.807) is 40.7 Å². The van der Waals surface area contributed by atoms with Gasteiger partial charge in [-0.3, -0.25) is 9.59 Å². The monoisotopic (exact) mass is 499 g/mol. The van der Waals surface area contributed by atoms with Gasteiger partial charge >= 0.3 is 0 Å². The standard InChI is InChI=1S/C22H29N9O3S/c1-4-23-19-26-20(24-5-2)31-21(27-19)28-29-22(31)35-13-17(32)30-12-6-7-16(30)18(33)25-14-8-10-15(34-3)11-9-14/h8-11,16H,4-7,12-13H2,1-3H3,(H,25,33)(H2,23,24,26,27,28). The number of fused-ring (bicyclic) bond motifs is 1. The molecule has 0 aliphatic carbocycles. The summed E-state index contributed by atoms with van der Waals surface area (Å²) in [6.07, 6.45) is 1.40. The van der Waals surface area contributed by atoms with E-state index in [0.717, 1.165) is 6.42 Å². The Labute approximate surface area is 207 Å². The maximum absolute atomic E-state index is 13.1. The summed E-state index contributed by atoms with van der Waals surface area (Å²) in [7, 11) is 1.59. The summed E-state index contributed by atoms with van der Waals surface area (Å²) in [6.45, 7) is 5.79. The van der Waals surface area contributed by atoms with Crippen molar-refractivity contribution in [3.8, 4) is 5.75 Å². The molecule has 1 unspecified atom stereocenters. The number of amides is 2. The molecule has 3 N–H and O–H groups in total. The van der Waals surface area contributed by atoms with E-state index in [-0.39, 0.29) is 17.6 Å². The minimum atomic E-state index is -0.510. The highest BCUT2D eigenvalue weighted by atomic mass is 32.2. The first-order chi connectivity index (χ1) is 17.0. The number of hydrogen-bond donors (Lipinski definition) is 3. The molecule has 35 heavy (non-hydrogen) atoms. The van der Waals surface area contributed by atoms with Gasteiger partial charge in [-0.15, -0.1) is 10.2 Å². The minimum absolute atomic E-state index is 0.119. The smallest absolute Gasteiger partial charge is 0.261 e. The van der Waals surface area contributed by atoms with Crippen LogP contribution in [0.1, 0.15) is 26.7 Å². The summed E-state index contributed by atoms with van der Waals surface area (Å²) in [4.78, 5) is 36.5. The zero-order valence-electron chi connectivity index (χ0n) is 19.9. The maximum atomic E-state index is 13.1. The Morgan fingerprint density at radius 2 is 1.89 bits per heavy atom. The molecule has 4 rings (SSSR count). The number of carbonyl (C=O) groups is 2. The van der Waals surface area contributed by atoms with Gasteiger partial charge in [-0.25, -0.2) is 4.40 Å². The van der Waals surface area contributed by atoms with Gasteiger partial charge in [0.2, 0.25) is 23.7 Å². The first kappa shape index (κ1) is 24.5. The van der Waals surface area contributed by atoms with Crippen LogP contribution in [0.4, 0.5) is 17.6 Å². The van der Waals surface area contributed by atoms with Gasteiger partial charge < -0.3 is 25.6 Å². The van der Waals surface area contributed by atoms with Gasteiger partial charge in [-0.05, 0) is 51.0 Å². The van der Waals surface area contributed by atoms with Crippen LogP contribution in [-0.2, 0) is 9.59 Å². The fourth-order valence-corrected chi connectivity index (χ4v) is 4.66. The number of aromatic nitrogens is 5. The molecular weight excluding hydrogens is 470 g/mol. The third-order valence-electron chi connectivity index (χ3n) is 5.47. The number of benzene rings is 1. The van der Waals surface area contributed by atoms with Crippen LogP contribution in [0.15, 0.2) is 29.4 Å². The van der Waals surface area contributed by atoms with E-state index < -0.39 is 6.04 Å². The number of nitrogens with zero attached hydrogens (tertiary/aromatic N) is 6. The van der Waals surface area contributed by atoms with E-state index in [1.807, 2.05) is 13.8 Å². The van der Waals surface area contributed by atoms with Crippen molar-refractivity contribution in [1.29, 1.82) is 0 Å². The Balaban J connectivity index is 1.43. The van der Waals surface area contributed by atoms with Crippen molar-refractivity contribution >= 4 is 46.9 Å². The van der Waals surface area contributed by atoms with Crippen molar-refractivity contribution in [2.75, 3.05) is 48.4 Å². The van der Waals surface area contributed by atoms with Gasteiger partial charge in [0.15, 0.2) is 5.16 Å². The number of anilines is 3. The van der Waals surface area contributed by atoms with E-state index >= 15 is 0 Å². The molecule has 12 nitrogen and oxygen atoms in total. The second-order valence-corrected chi connectivity index (χ2v) is 8.74. The third kappa shape index (κ3) is 5.56. The van der Waals surface area contributed by atoms with Gasteiger partial charge in [0.25, 0.3) is 5.78 Å². The van der Waals surface area contributed by atoms with Gasteiger partial charge in [-0.2, -0.15) is 9.97 Å². The molecule has 1 aromatic carbocycles. The van der Waals surface area contributed by atoms with Crippen molar-refractivity contribution < 1.29 is 14.3 Å².